The van der Waals surface area contributed by atoms with Gasteiger partial charge in [-0.15, -0.1) is 0 Å². The van der Waals surface area contributed by atoms with Gasteiger partial charge in [0, 0.05) is 29.0 Å². The summed E-state index contributed by atoms with van der Waals surface area (Å²) in [5.41, 5.74) is 5.51. The average molecular weight is 477 g/mol. The van der Waals surface area contributed by atoms with Crippen molar-refractivity contribution in [2.75, 3.05) is 10.6 Å². The van der Waals surface area contributed by atoms with Gasteiger partial charge in [0.1, 0.15) is 11.7 Å². The summed E-state index contributed by atoms with van der Waals surface area (Å²) < 4.78 is 67.9. The van der Waals surface area contributed by atoms with Crippen LogP contribution in [-0.2, 0) is 16.6 Å². The Morgan fingerprint density at radius 3 is 2.18 bits per heavy atom. The molecule has 6 N–H and O–H groups in total. The Kier molecular flexibility index (Phi) is 6.99. The molecule has 0 saturated carbocycles. The molecule has 2 amide bonds. The minimum absolute atomic E-state index is 0.112. The number of amides is 2. The predicted molar refractivity (Wildman–Crippen MR) is 117 cm³/mol. The zero-order chi connectivity index (χ0) is 24.2. The molecule has 0 aliphatic rings. The third-order valence-corrected chi connectivity index (χ3v) is 5.81. The summed E-state index contributed by atoms with van der Waals surface area (Å²) in [4.78, 5) is 12.0. The second-order valence-corrected chi connectivity index (χ2v) is 8.51. The number of halogens is 3. The molecule has 3 aromatic carbocycles. The lowest BCUT2D eigenvalue weighted by molar-refractivity contribution is 0.262. The van der Waals surface area contributed by atoms with Crippen LogP contribution < -0.4 is 21.1 Å². The number of nitrogen functional groups attached to an aromatic ring is 1. The minimum atomic E-state index is -4.25. The lowest BCUT2D eigenvalue weighted by Gasteiger charge is -2.11. The van der Waals surface area contributed by atoms with E-state index in [1.807, 2.05) is 4.72 Å². The summed E-state index contributed by atoms with van der Waals surface area (Å²) in [7, 11) is -4.25. The average Bonchev–Trinajstić information content (AvgIpc) is 2.76. The highest BCUT2D eigenvalue weighted by molar-refractivity contribution is 7.89. The van der Waals surface area contributed by atoms with Gasteiger partial charge in [-0.25, -0.2) is 31.1 Å². The van der Waals surface area contributed by atoms with Gasteiger partial charge in [0.15, 0.2) is 11.6 Å². The van der Waals surface area contributed by atoms with Crippen molar-refractivity contribution < 1.29 is 26.4 Å². The molecule has 0 aliphatic heterocycles. The van der Waals surface area contributed by atoms with Gasteiger partial charge in [-0.05, 0) is 42.5 Å². The number of hydrogen-bond acceptors (Lipinski definition) is 4. The van der Waals surface area contributed by atoms with E-state index in [1.165, 1.54) is 24.3 Å². The maximum absolute atomic E-state index is 13.8. The van der Waals surface area contributed by atoms with Crippen LogP contribution in [-0.4, -0.2) is 20.3 Å². The van der Waals surface area contributed by atoms with Crippen molar-refractivity contribution in [2.24, 2.45) is 5.73 Å². The maximum atomic E-state index is 13.8. The van der Waals surface area contributed by atoms with Gasteiger partial charge in [0.05, 0.1) is 4.90 Å². The van der Waals surface area contributed by atoms with Crippen LogP contribution in [0.5, 0.6) is 0 Å². The van der Waals surface area contributed by atoms with Gasteiger partial charge in [-0.1, -0.05) is 18.2 Å². The second kappa shape index (κ2) is 9.71. The van der Waals surface area contributed by atoms with Gasteiger partial charge in [0.25, 0.3) is 0 Å². The molecule has 0 radical (unpaired) electrons. The number of carbonyl (C=O) groups is 1. The molecule has 0 atom stereocenters. The molecule has 0 aliphatic carbocycles. The van der Waals surface area contributed by atoms with E-state index in [1.54, 1.807) is 18.2 Å². The van der Waals surface area contributed by atoms with Gasteiger partial charge >= 0.3 is 6.03 Å². The van der Waals surface area contributed by atoms with Gasteiger partial charge in [-0.2, -0.15) is 0 Å². The van der Waals surface area contributed by atoms with Gasteiger partial charge < -0.3 is 16.4 Å². The van der Waals surface area contributed by atoms with Crippen LogP contribution in [0.1, 0.15) is 11.1 Å². The summed E-state index contributed by atoms with van der Waals surface area (Å²) in [6.07, 6.45) is 0. The summed E-state index contributed by atoms with van der Waals surface area (Å²) >= 11 is 0. The minimum Gasteiger partial charge on any atom is -0.384 e. The normalized spacial score (nSPS) is 11.1. The zero-order valence-corrected chi connectivity index (χ0v) is 17.6. The Hall–Kier alpha value is -3.90. The Balaban J connectivity index is 1.71. The number of nitrogens with two attached hydrogens (primary N) is 1. The van der Waals surface area contributed by atoms with Crippen molar-refractivity contribution in [1.82, 2.24) is 4.72 Å². The SMILES string of the molecule is N=C(N)c1cccc(NC(=O)Nc2cccc(S(=O)(=O)NCc3c(F)ccc(F)c3F)c2)c1. The van der Waals surface area contributed by atoms with E-state index < -0.39 is 45.6 Å². The third kappa shape index (κ3) is 5.87. The van der Waals surface area contributed by atoms with Crippen molar-refractivity contribution in [3.05, 3.63) is 89.2 Å². The monoisotopic (exact) mass is 477 g/mol. The van der Waals surface area contributed by atoms with E-state index >= 15 is 0 Å². The quantitative estimate of drug-likeness (QED) is 0.202. The van der Waals surface area contributed by atoms with Gasteiger partial charge in [-0.3, -0.25) is 5.41 Å². The fourth-order valence-corrected chi connectivity index (χ4v) is 3.82. The van der Waals surface area contributed by atoms with Crippen molar-refractivity contribution in [2.45, 2.75) is 11.4 Å². The molecule has 172 valence electrons. The Morgan fingerprint density at radius 1 is 0.909 bits per heavy atom. The van der Waals surface area contributed by atoms with Crippen LogP contribution >= 0.6 is 0 Å². The molecule has 0 spiro atoms. The van der Waals surface area contributed by atoms with Crippen LogP contribution in [0.2, 0.25) is 0 Å². The van der Waals surface area contributed by atoms with E-state index in [2.05, 4.69) is 10.6 Å². The van der Waals surface area contributed by atoms with E-state index in [4.69, 9.17) is 11.1 Å². The number of amidine groups is 1. The van der Waals surface area contributed by atoms with E-state index in [0.29, 0.717) is 23.4 Å². The number of sulfonamides is 1. The smallest absolute Gasteiger partial charge is 0.323 e. The fourth-order valence-electron chi connectivity index (χ4n) is 2.78. The van der Waals surface area contributed by atoms with Crippen molar-refractivity contribution in [3.63, 3.8) is 0 Å². The lowest BCUT2D eigenvalue weighted by atomic mass is 10.2. The molecule has 0 heterocycles. The third-order valence-electron chi connectivity index (χ3n) is 4.41. The van der Waals surface area contributed by atoms with Crippen LogP contribution in [0, 0.1) is 22.9 Å². The molecule has 3 aromatic rings. The van der Waals surface area contributed by atoms with Crippen LogP contribution in [0.3, 0.4) is 0 Å². The number of urea groups is 1. The van der Waals surface area contributed by atoms with E-state index in [-0.39, 0.29) is 16.4 Å². The predicted octanol–water partition coefficient (Wildman–Crippen LogP) is 3.51. The summed E-state index contributed by atoms with van der Waals surface area (Å²) in [6.45, 7) is -0.817. The number of carbonyl (C=O) groups excluding carboxylic acids is 1. The molecular weight excluding hydrogens is 459 g/mol. The van der Waals surface area contributed by atoms with E-state index in [9.17, 15) is 26.4 Å². The first-order valence-corrected chi connectivity index (χ1v) is 10.8. The molecule has 0 saturated heterocycles. The van der Waals surface area contributed by atoms with Crippen LogP contribution in [0.15, 0.2) is 65.6 Å². The molecule has 0 fully saturated rings. The highest BCUT2D eigenvalue weighted by Gasteiger charge is 2.19. The van der Waals surface area contributed by atoms with Crippen molar-refractivity contribution >= 4 is 33.3 Å². The standard InChI is InChI=1S/C21H18F3N5O3S/c22-17-7-8-18(23)19(24)16(17)11-27-33(31,32)15-6-2-5-14(10-15)29-21(30)28-13-4-1-3-12(9-13)20(25)26/h1-10,27H,11H2,(H3,25,26)(H2,28,29,30). The first kappa shape index (κ1) is 23.8. The number of anilines is 2. The molecule has 3 rings (SSSR count). The molecular formula is C21H18F3N5O3S. The summed E-state index contributed by atoms with van der Waals surface area (Å²) in [6, 6.07) is 12.0. The Bertz CT molecular complexity index is 1330. The number of benzene rings is 3. The molecule has 8 nitrogen and oxygen atoms in total. The molecule has 0 unspecified atom stereocenters. The maximum Gasteiger partial charge on any atom is 0.323 e. The largest absolute Gasteiger partial charge is 0.384 e. The first-order valence-electron chi connectivity index (χ1n) is 9.31. The molecule has 0 bridgehead atoms. The molecule has 33 heavy (non-hydrogen) atoms. The summed E-state index contributed by atoms with van der Waals surface area (Å²) in [5.74, 6) is -4.07. The highest BCUT2D eigenvalue weighted by Crippen LogP contribution is 2.19. The molecule has 12 heteroatoms. The summed E-state index contributed by atoms with van der Waals surface area (Å²) in [5, 5.41) is 12.4. The highest BCUT2D eigenvalue weighted by atomic mass is 32.2. The number of nitrogens with one attached hydrogen (secondary N) is 4. The van der Waals surface area contributed by atoms with E-state index in [0.717, 1.165) is 6.07 Å². The van der Waals surface area contributed by atoms with Crippen LogP contribution in [0.4, 0.5) is 29.3 Å². The van der Waals surface area contributed by atoms with Crippen molar-refractivity contribution in [3.8, 4) is 0 Å². The number of rotatable bonds is 7. The zero-order valence-electron chi connectivity index (χ0n) is 16.8. The molecule has 0 aromatic heterocycles. The Morgan fingerprint density at radius 2 is 1.52 bits per heavy atom. The first-order chi connectivity index (χ1) is 15.6. The fraction of sp³-hybridized carbons (Fsp3) is 0.0476. The number of hydrogen-bond donors (Lipinski definition) is 5. The van der Waals surface area contributed by atoms with Crippen molar-refractivity contribution in [1.29, 1.82) is 5.41 Å². The lowest BCUT2D eigenvalue weighted by Crippen LogP contribution is -2.25. The second-order valence-electron chi connectivity index (χ2n) is 6.75. The van der Waals surface area contributed by atoms with Crippen LogP contribution in [0.25, 0.3) is 0 Å². The topological polar surface area (TPSA) is 137 Å². The van der Waals surface area contributed by atoms with Gasteiger partial charge in [0.2, 0.25) is 10.0 Å². The Labute approximate surface area is 187 Å².